The molecule has 3 saturated heterocycles. The average molecular weight is 236 g/mol. The number of hydrogen-bond acceptors (Lipinski definition) is 4. The number of aryl methyl sites for hydroxylation is 1. The first-order chi connectivity index (χ1) is 8.24. The van der Waals surface area contributed by atoms with Gasteiger partial charge in [-0.3, -0.25) is 9.80 Å². The Hall–Kier alpha value is -0.910. The number of aliphatic hydroxyl groups is 1. The number of nitrogens with zero attached hydrogens (tertiary/aromatic N) is 4. The van der Waals surface area contributed by atoms with Crippen LogP contribution in [0.25, 0.3) is 0 Å². The average Bonchev–Trinajstić information content (AvgIpc) is 2.76. The van der Waals surface area contributed by atoms with Crippen molar-refractivity contribution in [1.29, 1.82) is 0 Å². The third-order valence-electron chi connectivity index (χ3n) is 4.08. The van der Waals surface area contributed by atoms with Gasteiger partial charge < -0.3 is 9.67 Å². The zero-order valence-corrected chi connectivity index (χ0v) is 10.3. The Balaban J connectivity index is 1.66. The molecule has 2 unspecified atom stereocenters. The highest BCUT2D eigenvalue weighted by Crippen LogP contribution is 2.19. The predicted molar refractivity (Wildman–Crippen MR) is 64.7 cm³/mol. The van der Waals surface area contributed by atoms with E-state index < -0.39 is 0 Å². The van der Waals surface area contributed by atoms with Gasteiger partial charge in [0.25, 0.3) is 0 Å². The second kappa shape index (κ2) is 4.40. The van der Waals surface area contributed by atoms with Gasteiger partial charge in [-0.05, 0) is 0 Å². The largest absolute Gasteiger partial charge is 0.391 e. The fourth-order valence-electron chi connectivity index (χ4n) is 2.94. The van der Waals surface area contributed by atoms with Gasteiger partial charge in [0.05, 0.1) is 6.10 Å². The van der Waals surface area contributed by atoms with Gasteiger partial charge in [0.1, 0.15) is 5.82 Å². The summed E-state index contributed by atoms with van der Waals surface area (Å²) in [4.78, 5) is 9.16. The van der Waals surface area contributed by atoms with Gasteiger partial charge in [-0.25, -0.2) is 4.98 Å². The lowest BCUT2D eigenvalue weighted by Crippen LogP contribution is -2.64. The van der Waals surface area contributed by atoms with E-state index in [4.69, 9.17) is 0 Å². The van der Waals surface area contributed by atoms with Crippen LogP contribution < -0.4 is 0 Å². The number of aromatic nitrogens is 2. The SMILES string of the molecule is Cn1ccnc1CC(O)C1CN2CCN1CC2. The molecule has 3 fully saturated rings. The van der Waals surface area contributed by atoms with Crippen molar-refractivity contribution in [3.8, 4) is 0 Å². The van der Waals surface area contributed by atoms with Crippen LogP contribution in [0.1, 0.15) is 5.82 Å². The van der Waals surface area contributed by atoms with Gasteiger partial charge in [-0.15, -0.1) is 0 Å². The Bertz CT molecular complexity index is 384. The van der Waals surface area contributed by atoms with E-state index in [1.165, 1.54) is 0 Å². The van der Waals surface area contributed by atoms with E-state index in [9.17, 15) is 5.11 Å². The zero-order chi connectivity index (χ0) is 11.8. The predicted octanol–water partition coefficient (Wildman–Crippen LogP) is -0.677. The lowest BCUT2D eigenvalue weighted by Gasteiger charge is -2.49. The van der Waals surface area contributed by atoms with Crippen LogP contribution in [0.4, 0.5) is 0 Å². The van der Waals surface area contributed by atoms with Crippen molar-refractivity contribution in [1.82, 2.24) is 19.4 Å². The Labute approximate surface area is 102 Å². The molecule has 5 nitrogen and oxygen atoms in total. The lowest BCUT2D eigenvalue weighted by molar-refractivity contribution is -0.0460. The molecule has 1 aromatic rings. The van der Waals surface area contributed by atoms with E-state index in [0.29, 0.717) is 6.42 Å². The number of fused-ring (bicyclic) bond motifs is 3. The lowest BCUT2D eigenvalue weighted by atomic mass is 10.00. The molecule has 0 aromatic carbocycles. The van der Waals surface area contributed by atoms with Gasteiger partial charge in [-0.1, -0.05) is 0 Å². The standard InChI is InChI=1S/C12H20N4O/c1-14-3-2-13-12(14)8-11(17)10-9-15-4-6-16(10)7-5-15/h2-3,10-11,17H,4-9H2,1H3. The highest BCUT2D eigenvalue weighted by Gasteiger charge is 2.36. The Kier molecular flexibility index (Phi) is 2.90. The summed E-state index contributed by atoms with van der Waals surface area (Å²) in [6.07, 6.45) is 4.06. The fourth-order valence-corrected chi connectivity index (χ4v) is 2.94. The molecule has 5 heteroatoms. The van der Waals surface area contributed by atoms with E-state index in [-0.39, 0.29) is 12.1 Å². The second-order valence-electron chi connectivity index (χ2n) is 5.13. The number of aliphatic hydroxyl groups excluding tert-OH is 1. The summed E-state index contributed by atoms with van der Waals surface area (Å²) in [5, 5.41) is 10.4. The normalized spacial score (nSPS) is 33.9. The molecule has 3 aliphatic heterocycles. The van der Waals surface area contributed by atoms with Gasteiger partial charge in [0.2, 0.25) is 0 Å². The molecule has 0 saturated carbocycles. The van der Waals surface area contributed by atoms with Crippen molar-refractivity contribution in [3.05, 3.63) is 18.2 Å². The van der Waals surface area contributed by atoms with E-state index in [2.05, 4.69) is 14.8 Å². The van der Waals surface area contributed by atoms with Crippen molar-refractivity contribution in [2.45, 2.75) is 18.6 Å². The molecule has 0 amide bonds. The minimum Gasteiger partial charge on any atom is -0.391 e. The monoisotopic (exact) mass is 236 g/mol. The first-order valence-corrected chi connectivity index (χ1v) is 6.35. The van der Waals surface area contributed by atoms with Crippen molar-refractivity contribution in [2.24, 2.45) is 7.05 Å². The van der Waals surface area contributed by atoms with Crippen LogP contribution >= 0.6 is 0 Å². The van der Waals surface area contributed by atoms with Gasteiger partial charge in [0, 0.05) is 64.6 Å². The molecule has 94 valence electrons. The Morgan fingerprint density at radius 3 is 2.71 bits per heavy atom. The van der Waals surface area contributed by atoms with Crippen molar-refractivity contribution < 1.29 is 5.11 Å². The van der Waals surface area contributed by atoms with E-state index >= 15 is 0 Å². The quantitative estimate of drug-likeness (QED) is 0.755. The van der Waals surface area contributed by atoms with Crippen molar-refractivity contribution >= 4 is 0 Å². The molecule has 0 aliphatic carbocycles. The highest BCUT2D eigenvalue weighted by molar-refractivity contribution is 4.99. The number of piperazine rings is 3. The summed E-state index contributed by atoms with van der Waals surface area (Å²) in [5.41, 5.74) is 0. The Morgan fingerprint density at radius 1 is 1.41 bits per heavy atom. The van der Waals surface area contributed by atoms with E-state index in [0.717, 1.165) is 38.5 Å². The molecule has 0 spiro atoms. The van der Waals surface area contributed by atoms with E-state index in [1.54, 1.807) is 6.20 Å². The molecule has 0 radical (unpaired) electrons. The summed E-state index contributed by atoms with van der Waals surface area (Å²) >= 11 is 0. The van der Waals surface area contributed by atoms with Crippen molar-refractivity contribution in [3.63, 3.8) is 0 Å². The molecular weight excluding hydrogens is 216 g/mol. The minimum atomic E-state index is -0.306. The van der Waals surface area contributed by atoms with Gasteiger partial charge in [-0.2, -0.15) is 0 Å². The smallest absolute Gasteiger partial charge is 0.111 e. The topological polar surface area (TPSA) is 44.5 Å². The van der Waals surface area contributed by atoms with Gasteiger partial charge >= 0.3 is 0 Å². The summed E-state index contributed by atoms with van der Waals surface area (Å²) in [7, 11) is 1.98. The molecule has 2 atom stereocenters. The fraction of sp³-hybridized carbons (Fsp3) is 0.750. The maximum Gasteiger partial charge on any atom is 0.111 e. The third kappa shape index (κ3) is 2.10. The van der Waals surface area contributed by atoms with Crippen LogP contribution in [-0.2, 0) is 13.5 Å². The molecule has 1 N–H and O–H groups in total. The zero-order valence-electron chi connectivity index (χ0n) is 10.3. The maximum absolute atomic E-state index is 10.4. The number of hydrogen-bond donors (Lipinski definition) is 1. The molecule has 17 heavy (non-hydrogen) atoms. The molecular formula is C12H20N4O. The van der Waals surface area contributed by atoms with E-state index in [1.807, 2.05) is 17.8 Å². The molecule has 3 aliphatic rings. The van der Waals surface area contributed by atoms with Crippen LogP contribution in [0.15, 0.2) is 12.4 Å². The summed E-state index contributed by atoms with van der Waals surface area (Å²) < 4.78 is 1.99. The molecule has 4 rings (SSSR count). The van der Waals surface area contributed by atoms with Crippen LogP contribution in [0.3, 0.4) is 0 Å². The van der Waals surface area contributed by atoms with Crippen molar-refractivity contribution in [2.75, 3.05) is 32.7 Å². The molecule has 2 bridgehead atoms. The number of imidazole rings is 1. The highest BCUT2D eigenvalue weighted by atomic mass is 16.3. The Morgan fingerprint density at radius 2 is 2.18 bits per heavy atom. The summed E-state index contributed by atoms with van der Waals surface area (Å²) in [5.74, 6) is 0.968. The first kappa shape index (κ1) is 11.2. The summed E-state index contributed by atoms with van der Waals surface area (Å²) in [6, 6.07) is 0.286. The minimum absolute atomic E-state index is 0.286. The second-order valence-corrected chi connectivity index (χ2v) is 5.13. The van der Waals surface area contributed by atoms with Crippen LogP contribution in [-0.4, -0.2) is 69.3 Å². The third-order valence-corrected chi connectivity index (χ3v) is 4.08. The molecule has 4 heterocycles. The number of rotatable bonds is 3. The maximum atomic E-state index is 10.4. The van der Waals surface area contributed by atoms with Gasteiger partial charge in [0.15, 0.2) is 0 Å². The van der Waals surface area contributed by atoms with Crippen LogP contribution in [0.2, 0.25) is 0 Å². The first-order valence-electron chi connectivity index (χ1n) is 6.35. The molecule has 1 aromatic heterocycles. The summed E-state index contributed by atoms with van der Waals surface area (Å²) in [6.45, 7) is 5.52. The van der Waals surface area contributed by atoms with Crippen LogP contribution in [0.5, 0.6) is 0 Å². The van der Waals surface area contributed by atoms with Crippen LogP contribution in [0, 0.1) is 0 Å².